The molecule has 176 valence electrons. The number of hydrogen-bond donors (Lipinski definition) is 1. The average molecular weight is 478 g/mol. The van der Waals surface area contributed by atoms with Gasteiger partial charge in [0, 0.05) is 41.7 Å². The fraction of sp³-hybridized carbons (Fsp3) is 0.346. The minimum Gasteiger partial charge on any atom is -0.454 e. The summed E-state index contributed by atoms with van der Waals surface area (Å²) >= 11 is 1.57. The van der Waals surface area contributed by atoms with Crippen LogP contribution in [0.15, 0.2) is 41.8 Å². The number of nitrogens with zero attached hydrogens (tertiary/aromatic N) is 2. The minimum absolute atomic E-state index is 0.0245. The van der Waals surface area contributed by atoms with Gasteiger partial charge >= 0.3 is 0 Å². The molecular weight excluding hydrogens is 450 g/mol. The molecule has 7 nitrogen and oxygen atoms in total. The van der Waals surface area contributed by atoms with Gasteiger partial charge in [0.05, 0.1) is 12.1 Å². The number of thiazole rings is 1. The van der Waals surface area contributed by atoms with E-state index >= 15 is 0 Å². The van der Waals surface area contributed by atoms with Crippen LogP contribution < -0.4 is 14.8 Å². The Kier molecular flexibility index (Phi) is 6.24. The first-order chi connectivity index (χ1) is 16.5. The van der Waals surface area contributed by atoms with Crippen molar-refractivity contribution in [2.45, 2.75) is 33.1 Å². The average Bonchev–Trinajstić information content (AvgIpc) is 3.48. The molecular formula is C26H27N3O4S. The molecule has 2 aliphatic rings. The fourth-order valence-electron chi connectivity index (χ4n) is 4.44. The highest BCUT2D eigenvalue weighted by atomic mass is 32.1. The molecule has 0 radical (unpaired) electrons. The maximum absolute atomic E-state index is 12.9. The predicted molar refractivity (Wildman–Crippen MR) is 131 cm³/mol. The molecule has 0 atom stereocenters. The van der Waals surface area contributed by atoms with Gasteiger partial charge in [-0.05, 0) is 44.4 Å². The van der Waals surface area contributed by atoms with Gasteiger partial charge in [0.1, 0.15) is 5.01 Å². The lowest BCUT2D eigenvalue weighted by Crippen LogP contribution is -2.42. The Balaban J connectivity index is 1.13. The van der Waals surface area contributed by atoms with Crippen molar-refractivity contribution in [1.29, 1.82) is 0 Å². The Labute approximate surface area is 202 Å². The standard InChI is InChI=1S/C26H27N3O4S/c1-16-3-5-21(17(2)11-16)26-28-20(14-34-26)13-24(30)29-9-7-18(8-10-29)25(31)27-19-4-6-22-23(12-19)33-15-32-22/h3-6,11-12,14,18H,7-10,13,15H2,1-2H3,(H,27,31). The van der Waals surface area contributed by atoms with Gasteiger partial charge in [-0.1, -0.05) is 23.8 Å². The van der Waals surface area contributed by atoms with Crippen molar-refractivity contribution in [2.24, 2.45) is 5.92 Å². The predicted octanol–water partition coefficient (Wildman–Crippen LogP) is 4.58. The highest BCUT2D eigenvalue weighted by Gasteiger charge is 2.28. The van der Waals surface area contributed by atoms with Crippen molar-refractivity contribution in [3.63, 3.8) is 0 Å². The molecule has 0 saturated carbocycles. The zero-order valence-electron chi connectivity index (χ0n) is 19.3. The lowest BCUT2D eigenvalue weighted by atomic mass is 9.95. The molecule has 0 aliphatic carbocycles. The van der Waals surface area contributed by atoms with Crippen molar-refractivity contribution in [2.75, 3.05) is 25.2 Å². The molecule has 8 heteroatoms. The monoisotopic (exact) mass is 477 g/mol. The van der Waals surface area contributed by atoms with E-state index in [4.69, 9.17) is 14.5 Å². The van der Waals surface area contributed by atoms with E-state index < -0.39 is 0 Å². The van der Waals surface area contributed by atoms with Crippen LogP contribution in [-0.2, 0) is 16.0 Å². The minimum atomic E-state index is -0.120. The summed E-state index contributed by atoms with van der Waals surface area (Å²) in [6, 6.07) is 11.7. The smallest absolute Gasteiger partial charge is 0.231 e. The highest BCUT2D eigenvalue weighted by molar-refractivity contribution is 7.13. The van der Waals surface area contributed by atoms with E-state index in [-0.39, 0.29) is 30.9 Å². The van der Waals surface area contributed by atoms with E-state index in [2.05, 4.69) is 37.4 Å². The van der Waals surface area contributed by atoms with E-state index in [1.807, 2.05) is 16.3 Å². The van der Waals surface area contributed by atoms with Crippen LogP contribution in [0.3, 0.4) is 0 Å². The van der Waals surface area contributed by atoms with Crippen LogP contribution >= 0.6 is 11.3 Å². The van der Waals surface area contributed by atoms with Gasteiger partial charge in [0.2, 0.25) is 18.6 Å². The Hall–Kier alpha value is -3.39. The first-order valence-electron chi connectivity index (χ1n) is 11.5. The Bertz CT molecular complexity index is 1230. The number of likely N-dealkylation sites (tertiary alicyclic amines) is 1. The zero-order chi connectivity index (χ0) is 23.7. The molecule has 3 aromatic rings. The summed E-state index contributed by atoms with van der Waals surface area (Å²) in [6.07, 6.45) is 1.58. The SMILES string of the molecule is Cc1ccc(-c2nc(CC(=O)N3CCC(C(=O)Nc4ccc5c(c4)OCO5)CC3)cs2)c(C)c1. The largest absolute Gasteiger partial charge is 0.454 e. The van der Waals surface area contributed by atoms with E-state index in [1.165, 1.54) is 11.1 Å². The molecule has 1 fully saturated rings. The van der Waals surface area contributed by atoms with Crippen molar-refractivity contribution in [3.8, 4) is 22.1 Å². The molecule has 2 aliphatic heterocycles. The van der Waals surface area contributed by atoms with Crippen LogP contribution in [0.1, 0.15) is 29.7 Å². The van der Waals surface area contributed by atoms with Crippen molar-refractivity contribution < 1.29 is 19.1 Å². The summed E-state index contributed by atoms with van der Waals surface area (Å²) in [5.41, 5.74) is 5.02. The van der Waals surface area contributed by atoms with Crippen LogP contribution in [0.4, 0.5) is 5.69 Å². The third-order valence-electron chi connectivity index (χ3n) is 6.35. The second-order valence-electron chi connectivity index (χ2n) is 8.85. The lowest BCUT2D eigenvalue weighted by Gasteiger charge is -2.31. The van der Waals surface area contributed by atoms with Gasteiger partial charge in [-0.3, -0.25) is 9.59 Å². The number of piperidine rings is 1. The molecule has 5 rings (SSSR count). The Morgan fingerprint density at radius 1 is 1.09 bits per heavy atom. The Morgan fingerprint density at radius 3 is 2.68 bits per heavy atom. The van der Waals surface area contributed by atoms with Crippen LogP contribution in [0.25, 0.3) is 10.6 Å². The molecule has 1 saturated heterocycles. The number of rotatable bonds is 5. The molecule has 34 heavy (non-hydrogen) atoms. The van der Waals surface area contributed by atoms with Crippen LogP contribution in [-0.4, -0.2) is 41.6 Å². The molecule has 0 unspecified atom stereocenters. The molecule has 0 spiro atoms. The van der Waals surface area contributed by atoms with Gasteiger partial charge in [-0.15, -0.1) is 11.3 Å². The van der Waals surface area contributed by atoms with Crippen molar-refractivity contribution in [3.05, 3.63) is 58.6 Å². The quantitative estimate of drug-likeness (QED) is 0.582. The number of nitrogens with one attached hydrogen (secondary N) is 1. The molecule has 2 aromatic carbocycles. The van der Waals surface area contributed by atoms with E-state index in [9.17, 15) is 9.59 Å². The number of aromatic nitrogens is 1. The second kappa shape index (κ2) is 9.46. The number of ether oxygens (including phenoxy) is 2. The van der Waals surface area contributed by atoms with E-state index in [0.717, 1.165) is 16.3 Å². The molecule has 0 bridgehead atoms. The lowest BCUT2D eigenvalue weighted by molar-refractivity contribution is -0.133. The van der Waals surface area contributed by atoms with Gasteiger partial charge in [0.25, 0.3) is 0 Å². The summed E-state index contributed by atoms with van der Waals surface area (Å²) in [5, 5.41) is 5.88. The van der Waals surface area contributed by atoms with Crippen LogP contribution in [0.5, 0.6) is 11.5 Å². The zero-order valence-corrected chi connectivity index (χ0v) is 20.1. The van der Waals surface area contributed by atoms with Gasteiger partial charge < -0.3 is 19.7 Å². The number of amides is 2. The van der Waals surface area contributed by atoms with Gasteiger partial charge in [-0.2, -0.15) is 0 Å². The maximum Gasteiger partial charge on any atom is 0.231 e. The summed E-state index contributed by atoms with van der Waals surface area (Å²) in [7, 11) is 0. The third kappa shape index (κ3) is 4.77. The maximum atomic E-state index is 12.9. The first-order valence-corrected chi connectivity index (χ1v) is 12.3. The molecule has 2 amide bonds. The van der Waals surface area contributed by atoms with Crippen molar-refractivity contribution >= 4 is 28.8 Å². The normalized spacial score (nSPS) is 15.4. The number of aryl methyl sites for hydroxylation is 2. The topological polar surface area (TPSA) is 80.8 Å². The summed E-state index contributed by atoms with van der Waals surface area (Å²) < 4.78 is 10.7. The van der Waals surface area contributed by atoms with E-state index in [1.54, 1.807) is 23.5 Å². The number of anilines is 1. The number of benzene rings is 2. The number of hydrogen-bond acceptors (Lipinski definition) is 6. The number of fused-ring (bicyclic) bond motifs is 1. The van der Waals surface area contributed by atoms with Gasteiger partial charge in [0.15, 0.2) is 11.5 Å². The van der Waals surface area contributed by atoms with Gasteiger partial charge in [-0.25, -0.2) is 4.98 Å². The number of carbonyl (C=O) groups is 2. The summed E-state index contributed by atoms with van der Waals surface area (Å²) in [4.78, 5) is 32.1. The molecule has 1 aromatic heterocycles. The highest BCUT2D eigenvalue weighted by Crippen LogP contribution is 2.34. The van der Waals surface area contributed by atoms with Crippen molar-refractivity contribution in [1.82, 2.24) is 9.88 Å². The molecule has 1 N–H and O–H groups in total. The summed E-state index contributed by atoms with van der Waals surface area (Å²) in [6.45, 7) is 5.51. The second-order valence-corrected chi connectivity index (χ2v) is 9.71. The third-order valence-corrected chi connectivity index (χ3v) is 7.28. The first kappa shape index (κ1) is 22.4. The fourth-order valence-corrected chi connectivity index (χ4v) is 5.35. The van der Waals surface area contributed by atoms with E-state index in [0.29, 0.717) is 43.1 Å². The Morgan fingerprint density at radius 2 is 1.88 bits per heavy atom. The summed E-state index contributed by atoms with van der Waals surface area (Å²) in [5.74, 6) is 1.24. The van der Waals surface area contributed by atoms with Crippen LogP contribution in [0, 0.1) is 19.8 Å². The number of carbonyl (C=O) groups excluding carboxylic acids is 2. The molecule has 3 heterocycles. The van der Waals surface area contributed by atoms with Crippen LogP contribution in [0.2, 0.25) is 0 Å².